The number of rotatable bonds is 5. The van der Waals surface area contributed by atoms with E-state index in [1.165, 1.54) is 12.7 Å². The van der Waals surface area contributed by atoms with Crippen LogP contribution in [0.2, 0.25) is 0 Å². The lowest BCUT2D eigenvalue weighted by Gasteiger charge is -2.38. The van der Waals surface area contributed by atoms with E-state index in [1.807, 2.05) is 0 Å². The third-order valence-corrected chi connectivity index (χ3v) is 6.42. The molecule has 1 unspecified atom stereocenters. The topological polar surface area (TPSA) is 78.7 Å². The van der Waals surface area contributed by atoms with Gasteiger partial charge in [0, 0.05) is 45.3 Å². The molecule has 0 radical (unpaired) electrons. The summed E-state index contributed by atoms with van der Waals surface area (Å²) in [6, 6.07) is 1.60. The summed E-state index contributed by atoms with van der Waals surface area (Å²) in [5.74, 6) is -0.0782. The fourth-order valence-corrected chi connectivity index (χ4v) is 4.72. The van der Waals surface area contributed by atoms with Crippen molar-refractivity contribution < 1.29 is 12.9 Å². The minimum absolute atomic E-state index is 0. The maximum atomic E-state index is 12.4. The van der Waals surface area contributed by atoms with Crippen molar-refractivity contribution in [3.05, 3.63) is 18.0 Å². The Labute approximate surface area is 143 Å². The van der Waals surface area contributed by atoms with Gasteiger partial charge < -0.3 is 14.7 Å². The van der Waals surface area contributed by atoms with Crippen LogP contribution in [0.3, 0.4) is 0 Å². The molecule has 0 saturated carbocycles. The monoisotopic (exact) mass is 364 g/mol. The molecule has 0 aliphatic carbocycles. The number of sulfonamides is 1. The predicted molar refractivity (Wildman–Crippen MR) is 90.0 cm³/mol. The summed E-state index contributed by atoms with van der Waals surface area (Å²) in [7, 11) is -3.30. The zero-order valence-electron chi connectivity index (χ0n) is 13.4. The maximum Gasteiger partial charge on any atom is 0.220 e. The van der Waals surface area contributed by atoms with Gasteiger partial charge in [0.15, 0.2) is 0 Å². The van der Waals surface area contributed by atoms with Crippen molar-refractivity contribution in [2.24, 2.45) is 5.41 Å². The molecule has 0 amide bonds. The van der Waals surface area contributed by atoms with E-state index < -0.39 is 10.0 Å². The highest BCUT2D eigenvalue weighted by molar-refractivity contribution is 7.88. The summed E-state index contributed by atoms with van der Waals surface area (Å²) >= 11 is 0. The Bertz CT molecular complexity index is 579. The van der Waals surface area contributed by atoms with Crippen molar-refractivity contribution in [1.29, 1.82) is 0 Å². The SMILES string of the molecule is CC1(CN2CCN(S(=O)(=O)Cc3ccon3)CC2)CCNC1.Cl. The van der Waals surface area contributed by atoms with E-state index >= 15 is 0 Å². The van der Waals surface area contributed by atoms with Crippen LogP contribution in [0.25, 0.3) is 0 Å². The Hall–Kier alpha value is -0.670. The largest absolute Gasteiger partial charge is 0.364 e. The number of aromatic nitrogens is 1. The predicted octanol–water partition coefficient (Wildman–Crippen LogP) is 0.543. The molecule has 1 atom stereocenters. The summed E-state index contributed by atoms with van der Waals surface area (Å²) in [6.45, 7) is 8.20. The van der Waals surface area contributed by atoms with E-state index in [2.05, 4.69) is 22.3 Å². The third kappa shape index (κ3) is 4.67. The minimum Gasteiger partial charge on any atom is -0.364 e. The van der Waals surface area contributed by atoms with Gasteiger partial charge in [0.05, 0.1) is 5.69 Å². The number of hydrogen-bond acceptors (Lipinski definition) is 6. The van der Waals surface area contributed by atoms with Crippen LogP contribution in [0.1, 0.15) is 19.0 Å². The van der Waals surface area contributed by atoms with Crippen LogP contribution < -0.4 is 5.32 Å². The lowest BCUT2D eigenvalue weighted by molar-refractivity contribution is 0.132. The van der Waals surface area contributed by atoms with Crippen molar-refractivity contribution in [2.75, 3.05) is 45.8 Å². The molecule has 0 aromatic carbocycles. The second-order valence-corrected chi connectivity index (χ2v) is 8.63. The normalized spacial score (nSPS) is 27.0. The molecular formula is C14H25ClN4O3S. The average molecular weight is 365 g/mol. The van der Waals surface area contributed by atoms with Crippen LogP contribution in [0.4, 0.5) is 0 Å². The third-order valence-electron chi connectivity index (χ3n) is 4.61. The van der Waals surface area contributed by atoms with Gasteiger partial charge in [-0.2, -0.15) is 4.31 Å². The molecule has 23 heavy (non-hydrogen) atoms. The molecular weight excluding hydrogens is 340 g/mol. The van der Waals surface area contributed by atoms with E-state index in [4.69, 9.17) is 4.52 Å². The molecule has 2 saturated heterocycles. The molecule has 2 fully saturated rings. The molecule has 0 bridgehead atoms. The fraction of sp³-hybridized carbons (Fsp3) is 0.786. The van der Waals surface area contributed by atoms with Gasteiger partial charge in [0.1, 0.15) is 12.0 Å². The molecule has 1 aromatic rings. The fourth-order valence-electron chi connectivity index (χ4n) is 3.30. The van der Waals surface area contributed by atoms with Crippen LogP contribution in [0.5, 0.6) is 0 Å². The van der Waals surface area contributed by atoms with Crippen LogP contribution in [0.15, 0.2) is 16.9 Å². The first-order chi connectivity index (χ1) is 10.5. The molecule has 0 spiro atoms. The van der Waals surface area contributed by atoms with Crippen molar-refractivity contribution in [3.63, 3.8) is 0 Å². The van der Waals surface area contributed by atoms with Gasteiger partial charge in [-0.1, -0.05) is 12.1 Å². The van der Waals surface area contributed by atoms with E-state index in [-0.39, 0.29) is 18.2 Å². The average Bonchev–Trinajstić information content (AvgIpc) is 3.11. The Kier molecular flexibility index (Phi) is 6.07. The van der Waals surface area contributed by atoms with Crippen LogP contribution in [0, 0.1) is 5.41 Å². The quantitative estimate of drug-likeness (QED) is 0.821. The van der Waals surface area contributed by atoms with E-state index in [0.29, 0.717) is 24.2 Å². The van der Waals surface area contributed by atoms with Gasteiger partial charge in [-0.15, -0.1) is 12.4 Å². The summed E-state index contributed by atoms with van der Waals surface area (Å²) in [4.78, 5) is 2.38. The summed E-state index contributed by atoms with van der Waals surface area (Å²) in [5, 5.41) is 7.10. The first-order valence-electron chi connectivity index (χ1n) is 7.77. The second-order valence-electron chi connectivity index (χ2n) is 6.66. The molecule has 3 rings (SSSR count). The van der Waals surface area contributed by atoms with E-state index in [1.54, 1.807) is 10.4 Å². The highest BCUT2D eigenvalue weighted by Crippen LogP contribution is 2.26. The van der Waals surface area contributed by atoms with Gasteiger partial charge in [0.2, 0.25) is 10.0 Å². The van der Waals surface area contributed by atoms with Gasteiger partial charge in [-0.05, 0) is 18.4 Å². The van der Waals surface area contributed by atoms with Gasteiger partial charge in [0.25, 0.3) is 0 Å². The summed E-state index contributed by atoms with van der Waals surface area (Å²) < 4.78 is 31.0. The highest BCUT2D eigenvalue weighted by atomic mass is 35.5. The lowest BCUT2D eigenvalue weighted by atomic mass is 9.89. The van der Waals surface area contributed by atoms with Crippen molar-refractivity contribution >= 4 is 22.4 Å². The van der Waals surface area contributed by atoms with Crippen molar-refractivity contribution in [3.8, 4) is 0 Å². The molecule has 7 nitrogen and oxygen atoms in total. The Balaban J connectivity index is 0.00000192. The Morgan fingerprint density at radius 2 is 2.09 bits per heavy atom. The standard InChI is InChI=1S/C14H24N4O3S.ClH/c1-14(3-4-15-11-14)12-17-5-7-18(8-6-17)22(19,20)10-13-2-9-21-16-13;/h2,9,15H,3-8,10-12H2,1H3;1H. The Morgan fingerprint density at radius 1 is 1.35 bits per heavy atom. The molecule has 1 N–H and O–H groups in total. The van der Waals surface area contributed by atoms with Gasteiger partial charge in [-0.3, -0.25) is 0 Å². The lowest BCUT2D eigenvalue weighted by Crippen LogP contribution is -2.51. The van der Waals surface area contributed by atoms with E-state index in [0.717, 1.165) is 32.7 Å². The zero-order chi connectivity index (χ0) is 15.6. The number of nitrogens with one attached hydrogen (secondary N) is 1. The number of halogens is 1. The molecule has 3 heterocycles. The maximum absolute atomic E-state index is 12.4. The summed E-state index contributed by atoms with van der Waals surface area (Å²) in [6.07, 6.45) is 2.59. The second kappa shape index (κ2) is 7.48. The van der Waals surface area contributed by atoms with Crippen LogP contribution in [-0.2, 0) is 15.8 Å². The first kappa shape index (κ1) is 18.7. The molecule has 2 aliphatic rings. The number of nitrogens with zero attached hydrogens (tertiary/aromatic N) is 3. The number of hydrogen-bond donors (Lipinski definition) is 1. The molecule has 2 aliphatic heterocycles. The van der Waals surface area contributed by atoms with Gasteiger partial charge in [-0.25, -0.2) is 8.42 Å². The Morgan fingerprint density at radius 3 is 2.65 bits per heavy atom. The minimum atomic E-state index is -3.30. The van der Waals surface area contributed by atoms with Crippen LogP contribution in [-0.4, -0.2) is 68.6 Å². The smallest absolute Gasteiger partial charge is 0.220 e. The van der Waals surface area contributed by atoms with E-state index in [9.17, 15) is 8.42 Å². The van der Waals surface area contributed by atoms with Crippen LogP contribution >= 0.6 is 12.4 Å². The molecule has 9 heteroatoms. The first-order valence-corrected chi connectivity index (χ1v) is 9.38. The zero-order valence-corrected chi connectivity index (χ0v) is 15.0. The van der Waals surface area contributed by atoms with Crippen molar-refractivity contribution in [2.45, 2.75) is 19.1 Å². The highest BCUT2D eigenvalue weighted by Gasteiger charge is 2.33. The number of piperazine rings is 1. The summed E-state index contributed by atoms with van der Waals surface area (Å²) in [5.41, 5.74) is 0.786. The van der Waals surface area contributed by atoms with Gasteiger partial charge >= 0.3 is 0 Å². The molecule has 1 aromatic heterocycles. The molecule has 132 valence electrons. The van der Waals surface area contributed by atoms with Crippen molar-refractivity contribution in [1.82, 2.24) is 19.7 Å².